The maximum atomic E-state index is 5.92. The van der Waals surface area contributed by atoms with E-state index < -0.39 is 0 Å². The minimum Gasteiger partial charge on any atom is -0.308 e. The molecule has 0 aromatic carbocycles. The van der Waals surface area contributed by atoms with Crippen molar-refractivity contribution in [2.75, 3.05) is 0 Å². The maximum Gasteiger partial charge on any atom is 0.160 e. The Morgan fingerprint density at radius 2 is 2.06 bits per heavy atom. The zero-order chi connectivity index (χ0) is 12.5. The van der Waals surface area contributed by atoms with Gasteiger partial charge >= 0.3 is 0 Å². The van der Waals surface area contributed by atoms with E-state index in [0.29, 0.717) is 5.02 Å². The minimum absolute atomic E-state index is 0.607. The Bertz CT molecular complexity index is 691. The van der Waals surface area contributed by atoms with E-state index >= 15 is 0 Å². The summed E-state index contributed by atoms with van der Waals surface area (Å²) in [5, 5.41) is 0.607. The van der Waals surface area contributed by atoms with Crippen molar-refractivity contribution in [1.82, 2.24) is 19.5 Å². The van der Waals surface area contributed by atoms with Gasteiger partial charge in [-0.2, -0.15) is 0 Å². The van der Waals surface area contributed by atoms with Crippen molar-refractivity contribution >= 4 is 22.8 Å². The molecule has 0 aliphatic rings. The van der Waals surface area contributed by atoms with E-state index in [0.717, 1.165) is 23.5 Å². The lowest BCUT2D eigenvalue weighted by Crippen LogP contribution is -2.02. The van der Waals surface area contributed by atoms with Crippen LogP contribution in [0.5, 0.6) is 0 Å². The molecule has 3 aromatic heterocycles. The number of nitrogens with zero attached hydrogens (tertiary/aromatic N) is 4. The fourth-order valence-electron chi connectivity index (χ4n) is 1.96. The van der Waals surface area contributed by atoms with Crippen LogP contribution in [0.25, 0.3) is 11.2 Å². The first kappa shape index (κ1) is 11.2. The minimum atomic E-state index is 0.607. The summed E-state index contributed by atoms with van der Waals surface area (Å²) in [6.07, 6.45) is 5.22. The quantitative estimate of drug-likeness (QED) is 0.710. The standard InChI is InChI=1S/C13H11ClN4/c1-9-17-12-6-11(14)7-16-13(12)18(9)8-10-2-4-15-5-3-10/h2-7H,8H2,1H3. The number of aryl methyl sites for hydroxylation is 1. The molecule has 90 valence electrons. The summed E-state index contributed by atoms with van der Waals surface area (Å²) in [6.45, 7) is 2.70. The first-order valence-corrected chi connectivity index (χ1v) is 5.99. The average molecular weight is 259 g/mol. The van der Waals surface area contributed by atoms with Gasteiger partial charge in [-0.25, -0.2) is 9.97 Å². The van der Waals surface area contributed by atoms with Crippen LogP contribution in [0, 0.1) is 6.92 Å². The molecular weight excluding hydrogens is 248 g/mol. The van der Waals surface area contributed by atoms with Crippen LogP contribution in [0.3, 0.4) is 0 Å². The highest BCUT2D eigenvalue weighted by molar-refractivity contribution is 6.31. The molecule has 3 aromatic rings. The molecule has 0 amide bonds. The van der Waals surface area contributed by atoms with Gasteiger partial charge in [-0.3, -0.25) is 4.98 Å². The third kappa shape index (κ3) is 1.95. The van der Waals surface area contributed by atoms with E-state index in [-0.39, 0.29) is 0 Å². The predicted molar refractivity (Wildman–Crippen MR) is 70.6 cm³/mol. The molecule has 0 N–H and O–H groups in total. The van der Waals surface area contributed by atoms with Gasteiger partial charge in [-0.05, 0) is 30.7 Å². The van der Waals surface area contributed by atoms with Gasteiger partial charge in [0.15, 0.2) is 5.65 Å². The highest BCUT2D eigenvalue weighted by Gasteiger charge is 2.09. The van der Waals surface area contributed by atoms with Crippen LogP contribution in [0.2, 0.25) is 5.02 Å². The average Bonchev–Trinajstić information content (AvgIpc) is 2.66. The van der Waals surface area contributed by atoms with Crippen LogP contribution < -0.4 is 0 Å². The lowest BCUT2D eigenvalue weighted by Gasteiger charge is -2.05. The zero-order valence-corrected chi connectivity index (χ0v) is 10.6. The molecule has 0 aliphatic heterocycles. The fraction of sp³-hybridized carbons (Fsp3) is 0.154. The Hall–Kier alpha value is -1.94. The molecular formula is C13H11ClN4. The fourth-order valence-corrected chi connectivity index (χ4v) is 2.11. The Morgan fingerprint density at radius 3 is 2.83 bits per heavy atom. The van der Waals surface area contributed by atoms with E-state index in [1.54, 1.807) is 18.6 Å². The summed E-state index contributed by atoms with van der Waals surface area (Å²) in [6, 6.07) is 5.81. The molecule has 0 spiro atoms. The van der Waals surface area contributed by atoms with Gasteiger partial charge in [0.05, 0.1) is 11.6 Å². The largest absolute Gasteiger partial charge is 0.308 e. The van der Waals surface area contributed by atoms with Crippen LogP contribution in [-0.4, -0.2) is 19.5 Å². The topological polar surface area (TPSA) is 43.6 Å². The van der Waals surface area contributed by atoms with Crippen molar-refractivity contribution in [3.05, 3.63) is 53.2 Å². The third-order valence-corrected chi connectivity index (χ3v) is 3.04. The maximum absolute atomic E-state index is 5.92. The smallest absolute Gasteiger partial charge is 0.160 e. The molecule has 0 bridgehead atoms. The monoisotopic (exact) mass is 258 g/mol. The highest BCUT2D eigenvalue weighted by atomic mass is 35.5. The number of pyridine rings is 2. The summed E-state index contributed by atoms with van der Waals surface area (Å²) < 4.78 is 2.07. The van der Waals surface area contributed by atoms with Crippen molar-refractivity contribution in [1.29, 1.82) is 0 Å². The number of rotatable bonds is 2. The summed E-state index contributed by atoms with van der Waals surface area (Å²) in [4.78, 5) is 12.8. The molecule has 5 heteroatoms. The lowest BCUT2D eigenvalue weighted by molar-refractivity contribution is 0.776. The van der Waals surface area contributed by atoms with E-state index in [4.69, 9.17) is 11.6 Å². The second kappa shape index (κ2) is 4.38. The van der Waals surface area contributed by atoms with Crippen LogP contribution in [0.15, 0.2) is 36.8 Å². The second-order valence-electron chi connectivity index (χ2n) is 4.10. The van der Waals surface area contributed by atoms with E-state index in [9.17, 15) is 0 Å². The van der Waals surface area contributed by atoms with Crippen molar-refractivity contribution in [3.8, 4) is 0 Å². The van der Waals surface area contributed by atoms with Crippen molar-refractivity contribution in [2.24, 2.45) is 0 Å². The summed E-state index contributed by atoms with van der Waals surface area (Å²) in [7, 11) is 0. The third-order valence-electron chi connectivity index (χ3n) is 2.83. The van der Waals surface area contributed by atoms with E-state index in [1.807, 2.05) is 25.1 Å². The predicted octanol–water partition coefficient (Wildman–Crippen LogP) is 2.84. The van der Waals surface area contributed by atoms with Crippen LogP contribution in [0.1, 0.15) is 11.4 Å². The number of imidazole rings is 1. The molecule has 0 saturated carbocycles. The molecule has 3 rings (SSSR count). The first-order chi connectivity index (χ1) is 8.74. The molecule has 0 atom stereocenters. The van der Waals surface area contributed by atoms with Crippen LogP contribution in [-0.2, 0) is 6.54 Å². The van der Waals surface area contributed by atoms with Crippen molar-refractivity contribution < 1.29 is 0 Å². The molecule has 4 nitrogen and oxygen atoms in total. The van der Waals surface area contributed by atoms with Gasteiger partial charge in [0.1, 0.15) is 11.3 Å². The molecule has 0 saturated heterocycles. The van der Waals surface area contributed by atoms with Gasteiger partial charge in [0, 0.05) is 18.6 Å². The van der Waals surface area contributed by atoms with E-state index in [1.165, 1.54) is 5.56 Å². The number of aromatic nitrogens is 4. The number of fused-ring (bicyclic) bond motifs is 1. The first-order valence-electron chi connectivity index (χ1n) is 5.61. The Labute approximate surface area is 109 Å². The Kier molecular flexibility index (Phi) is 2.72. The summed E-state index contributed by atoms with van der Waals surface area (Å²) in [5.41, 5.74) is 2.85. The zero-order valence-electron chi connectivity index (χ0n) is 9.84. The van der Waals surface area contributed by atoms with Crippen LogP contribution >= 0.6 is 11.6 Å². The van der Waals surface area contributed by atoms with E-state index in [2.05, 4.69) is 19.5 Å². The molecule has 18 heavy (non-hydrogen) atoms. The Balaban J connectivity index is 2.09. The van der Waals surface area contributed by atoms with Crippen molar-refractivity contribution in [2.45, 2.75) is 13.5 Å². The van der Waals surface area contributed by atoms with Crippen LogP contribution in [0.4, 0.5) is 0 Å². The summed E-state index contributed by atoms with van der Waals surface area (Å²) >= 11 is 5.92. The number of hydrogen-bond donors (Lipinski definition) is 0. The normalized spacial score (nSPS) is 11.0. The molecule has 0 unspecified atom stereocenters. The number of halogens is 1. The molecule has 0 fully saturated rings. The lowest BCUT2D eigenvalue weighted by atomic mass is 10.2. The molecule has 0 aliphatic carbocycles. The SMILES string of the molecule is Cc1nc2cc(Cl)cnc2n1Cc1ccncc1. The number of hydrogen-bond acceptors (Lipinski definition) is 3. The van der Waals surface area contributed by atoms with Crippen molar-refractivity contribution in [3.63, 3.8) is 0 Å². The van der Waals surface area contributed by atoms with Gasteiger partial charge in [0.2, 0.25) is 0 Å². The second-order valence-corrected chi connectivity index (χ2v) is 4.53. The molecule has 3 heterocycles. The Morgan fingerprint density at radius 1 is 1.28 bits per heavy atom. The van der Waals surface area contributed by atoms with Gasteiger partial charge in [-0.15, -0.1) is 0 Å². The highest BCUT2D eigenvalue weighted by Crippen LogP contribution is 2.18. The van der Waals surface area contributed by atoms with Gasteiger partial charge < -0.3 is 4.57 Å². The summed E-state index contributed by atoms with van der Waals surface area (Å²) in [5.74, 6) is 0.927. The van der Waals surface area contributed by atoms with Gasteiger partial charge in [-0.1, -0.05) is 11.6 Å². The molecule has 0 radical (unpaired) electrons. The van der Waals surface area contributed by atoms with Gasteiger partial charge in [0.25, 0.3) is 0 Å².